The third-order valence-corrected chi connectivity index (χ3v) is 1.27. The van der Waals surface area contributed by atoms with Crippen LogP contribution in [0, 0.1) is 12.3 Å². The van der Waals surface area contributed by atoms with Crippen LogP contribution in [0.3, 0.4) is 0 Å². The van der Waals surface area contributed by atoms with Crippen molar-refractivity contribution < 1.29 is 5.11 Å². The molecule has 0 radical (unpaired) electrons. The van der Waals surface area contributed by atoms with Crippen molar-refractivity contribution in [3.05, 3.63) is 11.9 Å². The summed E-state index contributed by atoms with van der Waals surface area (Å²) in [6.07, 6.45) is 6.10. The smallest absolute Gasteiger partial charge is 0.112 e. The first-order valence-corrected chi connectivity index (χ1v) is 3.22. The predicted molar refractivity (Wildman–Crippen MR) is 39.4 cm³/mol. The quantitative estimate of drug-likeness (QED) is 0.599. The van der Waals surface area contributed by atoms with Gasteiger partial charge in [0.05, 0.1) is 6.20 Å². The Morgan fingerprint density at radius 2 is 2.64 bits per heavy atom. The third-order valence-electron chi connectivity index (χ3n) is 1.27. The second-order valence-electron chi connectivity index (χ2n) is 2.18. The average molecular weight is 151 g/mol. The molecule has 1 unspecified atom stereocenters. The number of rotatable bonds is 2. The zero-order chi connectivity index (χ0) is 8.27. The summed E-state index contributed by atoms with van der Waals surface area (Å²) in [5, 5.41) is 17.0. The van der Waals surface area contributed by atoms with Crippen LogP contribution in [0.5, 0.6) is 0 Å². The van der Waals surface area contributed by atoms with E-state index in [1.807, 2.05) is 0 Å². The average Bonchev–Trinajstić information content (AvgIpc) is 2.36. The molecule has 4 nitrogen and oxygen atoms in total. The first-order chi connectivity index (χ1) is 5.24. The number of nitrogens with zero attached hydrogens (tertiary/aromatic N) is 3. The number of aliphatic hydroxyl groups is 1. The highest BCUT2D eigenvalue weighted by Crippen LogP contribution is 2.10. The highest BCUT2D eigenvalue weighted by Gasteiger charge is 2.08. The van der Waals surface area contributed by atoms with Gasteiger partial charge in [-0.25, -0.2) is 0 Å². The Kier molecular flexibility index (Phi) is 2.24. The Bertz CT molecular complexity index is 273. The van der Waals surface area contributed by atoms with Crippen molar-refractivity contribution in [3.63, 3.8) is 0 Å². The summed E-state index contributed by atoms with van der Waals surface area (Å²) >= 11 is 0. The van der Waals surface area contributed by atoms with Crippen LogP contribution in [-0.2, 0) is 7.05 Å². The Labute approximate surface area is 64.8 Å². The van der Waals surface area contributed by atoms with E-state index in [1.54, 1.807) is 7.05 Å². The minimum absolute atomic E-state index is 0.276. The number of aromatic nitrogens is 3. The molecule has 0 bridgehead atoms. The van der Waals surface area contributed by atoms with Crippen LogP contribution in [0.25, 0.3) is 0 Å². The van der Waals surface area contributed by atoms with Gasteiger partial charge in [-0.3, -0.25) is 0 Å². The molecule has 1 rings (SSSR count). The van der Waals surface area contributed by atoms with Gasteiger partial charge in [0.15, 0.2) is 0 Å². The molecule has 0 aliphatic carbocycles. The summed E-state index contributed by atoms with van der Waals surface area (Å²) in [6.45, 7) is 0. The van der Waals surface area contributed by atoms with Gasteiger partial charge in [0.25, 0.3) is 0 Å². The fourth-order valence-corrected chi connectivity index (χ4v) is 0.730. The predicted octanol–water partition coefficient (Wildman–Crippen LogP) is -0.128. The number of aryl methyl sites for hydroxylation is 1. The minimum Gasteiger partial charge on any atom is -0.386 e. The Hall–Kier alpha value is -1.34. The molecule has 0 saturated heterocycles. The van der Waals surface area contributed by atoms with Crippen LogP contribution in [0.4, 0.5) is 0 Å². The number of hydrogen-bond acceptors (Lipinski definition) is 3. The summed E-state index contributed by atoms with van der Waals surface area (Å²) in [6, 6.07) is 0. The molecule has 0 aliphatic heterocycles. The number of aliphatic hydroxyl groups excluding tert-OH is 1. The zero-order valence-electron chi connectivity index (χ0n) is 6.23. The van der Waals surface area contributed by atoms with Gasteiger partial charge in [0, 0.05) is 13.5 Å². The highest BCUT2D eigenvalue weighted by molar-refractivity contribution is 5.01. The molecule has 1 aromatic rings. The second kappa shape index (κ2) is 3.17. The molecule has 1 heterocycles. The molecule has 0 aliphatic rings. The summed E-state index contributed by atoms with van der Waals surface area (Å²) < 4.78 is 0. The van der Waals surface area contributed by atoms with E-state index >= 15 is 0 Å². The molecule has 0 aromatic carbocycles. The molecule has 0 fully saturated rings. The fourth-order valence-electron chi connectivity index (χ4n) is 0.730. The van der Waals surface area contributed by atoms with Gasteiger partial charge in [0.1, 0.15) is 11.8 Å². The Morgan fingerprint density at radius 3 is 3.09 bits per heavy atom. The van der Waals surface area contributed by atoms with E-state index in [0.29, 0.717) is 5.69 Å². The monoisotopic (exact) mass is 151 g/mol. The van der Waals surface area contributed by atoms with Crippen LogP contribution in [-0.4, -0.2) is 20.1 Å². The van der Waals surface area contributed by atoms with E-state index in [0.717, 1.165) is 0 Å². The zero-order valence-corrected chi connectivity index (χ0v) is 6.23. The molecular weight excluding hydrogens is 142 g/mol. The largest absolute Gasteiger partial charge is 0.386 e. The maximum absolute atomic E-state index is 9.28. The minimum atomic E-state index is -0.686. The standard InChI is InChI=1S/C7H9N3O/c1-3-4-7(11)6-5-8-10(2)9-6/h1,5,7,11H,4H2,2H3. The van der Waals surface area contributed by atoms with Crippen LogP contribution >= 0.6 is 0 Å². The fraction of sp³-hybridized carbons (Fsp3) is 0.429. The highest BCUT2D eigenvalue weighted by atomic mass is 16.3. The van der Waals surface area contributed by atoms with Gasteiger partial charge in [-0.05, 0) is 0 Å². The van der Waals surface area contributed by atoms with Crippen molar-refractivity contribution in [1.29, 1.82) is 0 Å². The molecule has 1 N–H and O–H groups in total. The molecule has 0 amide bonds. The molecular formula is C7H9N3O. The molecule has 0 saturated carbocycles. The van der Waals surface area contributed by atoms with Gasteiger partial charge in [-0.1, -0.05) is 0 Å². The normalized spacial score (nSPS) is 12.5. The summed E-state index contributed by atoms with van der Waals surface area (Å²) in [5.74, 6) is 2.35. The van der Waals surface area contributed by atoms with Gasteiger partial charge in [0.2, 0.25) is 0 Å². The molecule has 11 heavy (non-hydrogen) atoms. The molecule has 0 spiro atoms. The van der Waals surface area contributed by atoms with Gasteiger partial charge in [-0.15, -0.1) is 12.3 Å². The van der Waals surface area contributed by atoms with E-state index in [9.17, 15) is 5.11 Å². The molecule has 4 heteroatoms. The van der Waals surface area contributed by atoms with Gasteiger partial charge in [-0.2, -0.15) is 15.0 Å². The van der Waals surface area contributed by atoms with Crippen LogP contribution < -0.4 is 0 Å². The number of hydrogen-bond donors (Lipinski definition) is 1. The van der Waals surface area contributed by atoms with Crippen LogP contribution in [0.1, 0.15) is 18.2 Å². The second-order valence-corrected chi connectivity index (χ2v) is 2.18. The first kappa shape index (κ1) is 7.76. The molecule has 1 atom stereocenters. The maximum Gasteiger partial charge on any atom is 0.112 e. The Balaban J connectivity index is 2.70. The van der Waals surface area contributed by atoms with Gasteiger partial charge >= 0.3 is 0 Å². The van der Waals surface area contributed by atoms with E-state index in [2.05, 4.69) is 16.1 Å². The van der Waals surface area contributed by atoms with Crippen LogP contribution in [0.2, 0.25) is 0 Å². The Morgan fingerprint density at radius 1 is 1.91 bits per heavy atom. The lowest BCUT2D eigenvalue weighted by Crippen LogP contribution is -1.98. The lowest BCUT2D eigenvalue weighted by atomic mass is 10.2. The van der Waals surface area contributed by atoms with Crippen molar-refractivity contribution in [2.75, 3.05) is 0 Å². The molecule has 1 aromatic heterocycles. The van der Waals surface area contributed by atoms with E-state index in [4.69, 9.17) is 6.42 Å². The van der Waals surface area contributed by atoms with E-state index in [-0.39, 0.29) is 6.42 Å². The van der Waals surface area contributed by atoms with Crippen molar-refractivity contribution in [2.24, 2.45) is 7.05 Å². The van der Waals surface area contributed by atoms with E-state index in [1.165, 1.54) is 11.0 Å². The topological polar surface area (TPSA) is 50.9 Å². The van der Waals surface area contributed by atoms with Crippen molar-refractivity contribution in [3.8, 4) is 12.3 Å². The SMILES string of the molecule is C#CCC(O)c1cnn(C)n1. The van der Waals surface area contributed by atoms with Crippen molar-refractivity contribution >= 4 is 0 Å². The van der Waals surface area contributed by atoms with E-state index < -0.39 is 6.10 Å². The van der Waals surface area contributed by atoms with Crippen molar-refractivity contribution in [1.82, 2.24) is 15.0 Å². The maximum atomic E-state index is 9.28. The lowest BCUT2D eigenvalue weighted by Gasteiger charge is -1.99. The van der Waals surface area contributed by atoms with Crippen LogP contribution in [0.15, 0.2) is 6.20 Å². The van der Waals surface area contributed by atoms with Gasteiger partial charge < -0.3 is 5.11 Å². The van der Waals surface area contributed by atoms with Crippen molar-refractivity contribution in [2.45, 2.75) is 12.5 Å². The number of terminal acetylenes is 1. The summed E-state index contributed by atoms with van der Waals surface area (Å²) in [7, 11) is 1.69. The first-order valence-electron chi connectivity index (χ1n) is 3.22. The summed E-state index contributed by atoms with van der Waals surface area (Å²) in [5.41, 5.74) is 0.519. The summed E-state index contributed by atoms with van der Waals surface area (Å²) in [4.78, 5) is 1.38. The molecule has 58 valence electrons. The third kappa shape index (κ3) is 1.79. The lowest BCUT2D eigenvalue weighted by molar-refractivity contribution is 0.178.